The molecule has 1 aliphatic carbocycles. The van der Waals surface area contributed by atoms with E-state index in [1.807, 2.05) is 31.2 Å². The van der Waals surface area contributed by atoms with Crippen LogP contribution in [0.1, 0.15) is 41.6 Å². The van der Waals surface area contributed by atoms with E-state index in [1.54, 1.807) is 0 Å². The molecule has 1 aliphatic rings. The third kappa shape index (κ3) is 1.39. The minimum Gasteiger partial charge on any atom is -0.294 e. The SMILES string of the molecule is C=C(C)C1CCC(=O)c2ccccc21. The zero-order valence-corrected chi connectivity index (χ0v) is 8.42. The van der Waals surface area contributed by atoms with E-state index in [9.17, 15) is 4.79 Å². The highest BCUT2D eigenvalue weighted by Crippen LogP contribution is 2.35. The van der Waals surface area contributed by atoms with E-state index in [4.69, 9.17) is 0 Å². The average Bonchev–Trinajstić information content (AvgIpc) is 2.18. The molecular formula is C13H14O. The standard InChI is InChI=1S/C13H14O/c1-9(2)10-7-8-13(14)12-6-4-3-5-11(10)12/h3-6,10H,1,7-8H2,2H3. The molecule has 14 heavy (non-hydrogen) atoms. The average molecular weight is 186 g/mol. The van der Waals surface area contributed by atoms with Crippen LogP contribution in [0, 0.1) is 0 Å². The van der Waals surface area contributed by atoms with Crippen molar-refractivity contribution in [3.63, 3.8) is 0 Å². The first-order chi connectivity index (χ1) is 6.70. The van der Waals surface area contributed by atoms with Crippen LogP contribution in [-0.4, -0.2) is 5.78 Å². The second-order valence-electron chi connectivity index (χ2n) is 3.95. The largest absolute Gasteiger partial charge is 0.294 e. The van der Waals surface area contributed by atoms with E-state index in [1.165, 1.54) is 0 Å². The fourth-order valence-corrected chi connectivity index (χ4v) is 2.13. The Morgan fingerprint density at radius 3 is 2.86 bits per heavy atom. The number of carbonyl (C=O) groups excluding carboxylic acids is 1. The summed E-state index contributed by atoms with van der Waals surface area (Å²) in [4.78, 5) is 11.6. The minimum atomic E-state index is 0.276. The van der Waals surface area contributed by atoms with Crippen molar-refractivity contribution in [3.8, 4) is 0 Å². The highest BCUT2D eigenvalue weighted by Gasteiger charge is 2.24. The van der Waals surface area contributed by atoms with Gasteiger partial charge in [0.25, 0.3) is 0 Å². The van der Waals surface area contributed by atoms with Crippen LogP contribution in [0.25, 0.3) is 0 Å². The van der Waals surface area contributed by atoms with Gasteiger partial charge in [-0.25, -0.2) is 0 Å². The fraction of sp³-hybridized carbons (Fsp3) is 0.308. The Morgan fingerprint density at radius 2 is 2.14 bits per heavy atom. The van der Waals surface area contributed by atoms with Gasteiger partial charge in [-0.1, -0.05) is 36.4 Å². The van der Waals surface area contributed by atoms with Crippen LogP contribution in [0.5, 0.6) is 0 Å². The molecule has 0 spiro atoms. The van der Waals surface area contributed by atoms with E-state index in [0.717, 1.165) is 23.1 Å². The van der Waals surface area contributed by atoms with Gasteiger partial charge in [-0.3, -0.25) is 4.79 Å². The van der Waals surface area contributed by atoms with Crippen LogP contribution < -0.4 is 0 Å². The fourth-order valence-electron chi connectivity index (χ4n) is 2.13. The monoisotopic (exact) mass is 186 g/mol. The predicted octanol–water partition coefficient (Wildman–Crippen LogP) is 3.32. The summed E-state index contributed by atoms with van der Waals surface area (Å²) >= 11 is 0. The van der Waals surface area contributed by atoms with Crippen LogP contribution in [-0.2, 0) is 0 Å². The number of allylic oxidation sites excluding steroid dienone is 1. The predicted molar refractivity (Wildman–Crippen MR) is 57.6 cm³/mol. The van der Waals surface area contributed by atoms with Crippen LogP contribution in [0.3, 0.4) is 0 Å². The van der Waals surface area contributed by atoms with Crippen molar-refractivity contribution >= 4 is 5.78 Å². The summed E-state index contributed by atoms with van der Waals surface area (Å²) in [6.45, 7) is 6.03. The number of hydrogen-bond acceptors (Lipinski definition) is 1. The lowest BCUT2D eigenvalue weighted by molar-refractivity contribution is 0.0969. The third-order valence-corrected chi connectivity index (χ3v) is 2.89. The molecule has 0 heterocycles. The molecule has 1 nitrogen and oxygen atoms in total. The molecule has 0 saturated heterocycles. The zero-order chi connectivity index (χ0) is 10.1. The van der Waals surface area contributed by atoms with Crippen LogP contribution in [0.2, 0.25) is 0 Å². The van der Waals surface area contributed by atoms with Crippen LogP contribution >= 0.6 is 0 Å². The van der Waals surface area contributed by atoms with Gasteiger partial charge in [-0.05, 0) is 18.9 Å². The summed E-state index contributed by atoms with van der Waals surface area (Å²) in [6, 6.07) is 7.89. The molecule has 1 atom stereocenters. The van der Waals surface area contributed by atoms with Crippen molar-refractivity contribution in [3.05, 3.63) is 47.5 Å². The van der Waals surface area contributed by atoms with Crippen LogP contribution in [0.15, 0.2) is 36.4 Å². The first-order valence-corrected chi connectivity index (χ1v) is 4.97. The zero-order valence-electron chi connectivity index (χ0n) is 8.42. The number of benzene rings is 1. The number of Topliss-reactive ketones (excluding diaryl/α,β-unsaturated/α-hetero) is 1. The summed E-state index contributed by atoms with van der Waals surface area (Å²) in [5.41, 5.74) is 3.22. The number of ketones is 1. The second kappa shape index (κ2) is 3.41. The van der Waals surface area contributed by atoms with Gasteiger partial charge in [0, 0.05) is 17.9 Å². The van der Waals surface area contributed by atoms with E-state index in [2.05, 4.69) is 6.58 Å². The molecule has 0 saturated carbocycles. The normalized spacial score (nSPS) is 20.4. The minimum absolute atomic E-state index is 0.276. The lowest BCUT2D eigenvalue weighted by Crippen LogP contribution is -2.15. The Labute approximate surface area is 84.5 Å². The lowest BCUT2D eigenvalue weighted by atomic mass is 9.79. The van der Waals surface area contributed by atoms with E-state index < -0.39 is 0 Å². The van der Waals surface area contributed by atoms with E-state index in [0.29, 0.717) is 12.3 Å². The van der Waals surface area contributed by atoms with Gasteiger partial charge >= 0.3 is 0 Å². The maximum atomic E-state index is 11.6. The maximum absolute atomic E-state index is 11.6. The topological polar surface area (TPSA) is 17.1 Å². The van der Waals surface area contributed by atoms with E-state index >= 15 is 0 Å². The molecule has 0 fully saturated rings. The Morgan fingerprint density at radius 1 is 1.43 bits per heavy atom. The van der Waals surface area contributed by atoms with Crippen molar-refractivity contribution in [2.45, 2.75) is 25.7 Å². The van der Waals surface area contributed by atoms with Crippen molar-refractivity contribution in [1.82, 2.24) is 0 Å². The second-order valence-corrected chi connectivity index (χ2v) is 3.95. The number of fused-ring (bicyclic) bond motifs is 1. The number of carbonyl (C=O) groups is 1. The molecule has 0 N–H and O–H groups in total. The van der Waals surface area contributed by atoms with Gasteiger partial charge in [0.15, 0.2) is 5.78 Å². The summed E-state index contributed by atoms with van der Waals surface area (Å²) in [6.07, 6.45) is 1.58. The van der Waals surface area contributed by atoms with Crippen molar-refractivity contribution < 1.29 is 4.79 Å². The Balaban J connectivity index is 2.52. The first kappa shape index (κ1) is 9.20. The molecule has 72 valence electrons. The van der Waals surface area contributed by atoms with Gasteiger partial charge in [0.1, 0.15) is 0 Å². The molecule has 0 aliphatic heterocycles. The Hall–Kier alpha value is -1.37. The van der Waals surface area contributed by atoms with E-state index in [-0.39, 0.29) is 5.78 Å². The quantitative estimate of drug-likeness (QED) is 0.615. The first-order valence-electron chi connectivity index (χ1n) is 4.97. The van der Waals surface area contributed by atoms with Gasteiger partial charge in [-0.15, -0.1) is 0 Å². The molecule has 1 aromatic rings. The summed E-state index contributed by atoms with van der Waals surface area (Å²) in [5, 5.41) is 0. The van der Waals surface area contributed by atoms with Crippen LogP contribution in [0.4, 0.5) is 0 Å². The summed E-state index contributed by atoms with van der Waals surface area (Å²) < 4.78 is 0. The van der Waals surface area contributed by atoms with Gasteiger partial charge < -0.3 is 0 Å². The number of hydrogen-bond donors (Lipinski definition) is 0. The summed E-state index contributed by atoms with van der Waals surface area (Å²) in [5.74, 6) is 0.655. The van der Waals surface area contributed by atoms with Gasteiger partial charge in [0.2, 0.25) is 0 Å². The molecule has 0 aromatic heterocycles. The molecule has 0 amide bonds. The molecule has 0 bridgehead atoms. The lowest BCUT2D eigenvalue weighted by Gasteiger charge is -2.24. The highest BCUT2D eigenvalue weighted by molar-refractivity contribution is 5.98. The van der Waals surface area contributed by atoms with Crippen molar-refractivity contribution in [2.24, 2.45) is 0 Å². The Bertz CT molecular complexity index is 390. The molecule has 2 rings (SSSR count). The van der Waals surface area contributed by atoms with Crippen molar-refractivity contribution in [1.29, 1.82) is 0 Å². The third-order valence-electron chi connectivity index (χ3n) is 2.89. The number of rotatable bonds is 1. The summed E-state index contributed by atoms with van der Waals surface area (Å²) in [7, 11) is 0. The molecule has 1 heteroatoms. The van der Waals surface area contributed by atoms with Crippen molar-refractivity contribution in [2.75, 3.05) is 0 Å². The highest BCUT2D eigenvalue weighted by atomic mass is 16.1. The van der Waals surface area contributed by atoms with Gasteiger partial charge in [0.05, 0.1) is 0 Å². The molecule has 0 radical (unpaired) electrons. The smallest absolute Gasteiger partial charge is 0.163 e. The molecular weight excluding hydrogens is 172 g/mol. The van der Waals surface area contributed by atoms with Gasteiger partial charge in [-0.2, -0.15) is 0 Å². The maximum Gasteiger partial charge on any atom is 0.163 e. The Kier molecular flexibility index (Phi) is 2.24. The molecule has 1 aromatic carbocycles. The molecule has 1 unspecified atom stereocenters.